The van der Waals surface area contributed by atoms with Crippen molar-refractivity contribution in [2.45, 2.75) is 26.7 Å². The van der Waals surface area contributed by atoms with Gasteiger partial charge in [-0.2, -0.15) is 0 Å². The van der Waals surface area contributed by atoms with Crippen LogP contribution in [0.4, 0.5) is 5.69 Å². The third kappa shape index (κ3) is 2.88. The summed E-state index contributed by atoms with van der Waals surface area (Å²) in [6.45, 7) is 5.95. The molecule has 1 fully saturated rings. The van der Waals surface area contributed by atoms with Crippen LogP contribution >= 0.6 is 0 Å². The van der Waals surface area contributed by atoms with Crippen molar-refractivity contribution in [2.24, 2.45) is 5.41 Å². The number of amides is 1. The number of aryl methyl sites for hydroxylation is 1. The number of rotatable bonds is 2. The topological polar surface area (TPSA) is 45.2 Å². The van der Waals surface area contributed by atoms with Crippen LogP contribution in [0.5, 0.6) is 0 Å². The number of pyridine rings is 1. The molecule has 0 aromatic carbocycles. The zero-order valence-electron chi connectivity index (χ0n) is 11.4. The van der Waals surface area contributed by atoms with Crippen LogP contribution in [0.25, 0.3) is 0 Å². The van der Waals surface area contributed by atoms with E-state index in [4.69, 9.17) is 0 Å². The third-order valence-electron chi connectivity index (χ3n) is 3.81. The first kappa shape index (κ1) is 13.0. The van der Waals surface area contributed by atoms with Gasteiger partial charge in [0.25, 0.3) is 0 Å². The lowest BCUT2D eigenvalue weighted by Crippen LogP contribution is -2.43. The van der Waals surface area contributed by atoms with Gasteiger partial charge in [0, 0.05) is 11.1 Å². The minimum atomic E-state index is -0.253. The molecule has 0 unspecified atom stereocenters. The molecule has 4 nitrogen and oxygen atoms in total. The van der Waals surface area contributed by atoms with Crippen molar-refractivity contribution in [3.63, 3.8) is 0 Å². The number of anilines is 1. The molecule has 0 aliphatic carbocycles. The number of hydrogen-bond acceptors (Lipinski definition) is 3. The van der Waals surface area contributed by atoms with Gasteiger partial charge >= 0.3 is 0 Å². The Morgan fingerprint density at radius 3 is 2.61 bits per heavy atom. The Morgan fingerprint density at radius 2 is 2.06 bits per heavy atom. The Balaban J connectivity index is 2.01. The first-order chi connectivity index (χ1) is 8.49. The maximum atomic E-state index is 12.3. The van der Waals surface area contributed by atoms with Crippen LogP contribution in [0.1, 0.15) is 25.5 Å². The van der Waals surface area contributed by atoms with Gasteiger partial charge < -0.3 is 10.2 Å². The first-order valence-electron chi connectivity index (χ1n) is 6.42. The minimum absolute atomic E-state index is 0.112. The Morgan fingerprint density at radius 1 is 1.39 bits per heavy atom. The summed E-state index contributed by atoms with van der Waals surface area (Å²) in [6, 6.07) is 3.81. The lowest BCUT2D eigenvalue weighted by atomic mass is 9.79. The van der Waals surface area contributed by atoms with Crippen LogP contribution in [0.3, 0.4) is 0 Å². The van der Waals surface area contributed by atoms with E-state index in [-0.39, 0.29) is 11.3 Å². The molecule has 0 bridgehead atoms. The smallest absolute Gasteiger partial charge is 0.230 e. The summed E-state index contributed by atoms with van der Waals surface area (Å²) in [5, 5.41) is 2.97. The zero-order chi connectivity index (χ0) is 13.2. The number of carbonyl (C=O) groups is 1. The molecule has 1 aliphatic heterocycles. The summed E-state index contributed by atoms with van der Waals surface area (Å²) in [7, 11) is 2.10. The van der Waals surface area contributed by atoms with E-state index >= 15 is 0 Å². The van der Waals surface area contributed by atoms with Gasteiger partial charge in [0.1, 0.15) is 0 Å². The highest BCUT2D eigenvalue weighted by atomic mass is 16.2. The second-order valence-corrected chi connectivity index (χ2v) is 5.51. The van der Waals surface area contributed by atoms with Gasteiger partial charge in [0.15, 0.2) is 0 Å². The predicted molar refractivity (Wildman–Crippen MR) is 72.4 cm³/mol. The molecule has 1 aromatic heterocycles. The molecular formula is C14H21N3O. The van der Waals surface area contributed by atoms with Crippen molar-refractivity contribution < 1.29 is 4.79 Å². The fourth-order valence-electron chi connectivity index (χ4n) is 2.16. The summed E-state index contributed by atoms with van der Waals surface area (Å²) in [5.74, 6) is 0.112. The van der Waals surface area contributed by atoms with Gasteiger partial charge in [-0.25, -0.2) is 0 Å². The van der Waals surface area contributed by atoms with E-state index in [0.29, 0.717) is 0 Å². The fourth-order valence-corrected chi connectivity index (χ4v) is 2.16. The summed E-state index contributed by atoms with van der Waals surface area (Å²) in [4.78, 5) is 18.8. The van der Waals surface area contributed by atoms with Crippen LogP contribution in [-0.2, 0) is 4.79 Å². The van der Waals surface area contributed by atoms with Gasteiger partial charge in [-0.1, -0.05) is 6.92 Å². The van der Waals surface area contributed by atoms with Gasteiger partial charge in [0.05, 0.1) is 11.9 Å². The third-order valence-corrected chi connectivity index (χ3v) is 3.81. The maximum absolute atomic E-state index is 12.3. The van der Waals surface area contributed by atoms with E-state index < -0.39 is 0 Å². The van der Waals surface area contributed by atoms with Crippen LogP contribution in [0.2, 0.25) is 0 Å². The number of likely N-dealkylation sites (tertiary alicyclic amines) is 1. The lowest BCUT2D eigenvalue weighted by molar-refractivity contribution is -0.127. The molecule has 2 rings (SSSR count). The summed E-state index contributed by atoms with van der Waals surface area (Å²) in [6.07, 6.45) is 3.54. The number of piperidine rings is 1. The van der Waals surface area contributed by atoms with E-state index in [9.17, 15) is 4.79 Å². The van der Waals surface area contributed by atoms with E-state index in [1.165, 1.54) is 0 Å². The van der Waals surface area contributed by atoms with Crippen molar-refractivity contribution in [3.05, 3.63) is 24.0 Å². The van der Waals surface area contributed by atoms with Crippen molar-refractivity contribution in [2.75, 3.05) is 25.5 Å². The highest BCUT2D eigenvalue weighted by Crippen LogP contribution is 2.31. The van der Waals surface area contributed by atoms with Crippen LogP contribution in [-0.4, -0.2) is 35.9 Å². The highest BCUT2D eigenvalue weighted by Gasteiger charge is 2.35. The van der Waals surface area contributed by atoms with Gasteiger partial charge in [-0.15, -0.1) is 0 Å². The Bertz CT molecular complexity index is 419. The molecule has 0 saturated carbocycles. The molecule has 18 heavy (non-hydrogen) atoms. The second kappa shape index (κ2) is 5.06. The average molecular weight is 247 g/mol. The summed E-state index contributed by atoms with van der Waals surface area (Å²) >= 11 is 0. The lowest BCUT2D eigenvalue weighted by Gasteiger charge is -2.36. The monoisotopic (exact) mass is 247 g/mol. The largest absolute Gasteiger partial charge is 0.324 e. The van der Waals surface area contributed by atoms with Crippen LogP contribution < -0.4 is 5.32 Å². The highest BCUT2D eigenvalue weighted by molar-refractivity contribution is 5.95. The minimum Gasteiger partial charge on any atom is -0.324 e. The predicted octanol–water partition coefficient (Wildman–Crippen LogP) is 2.06. The van der Waals surface area contributed by atoms with Crippen molar-refractivity contribution in [1.29, 1.82) is 0 Å². The standard InChI is InChI=1S/C14H21N3O/c1-11-4-5-12(10-15-11)16-13(18)14(2)6-8-17(3)9-7-14/h4-5,10H,6-9H2,1-3H3,(H,16,18). The number of hydrogen-bond donors (Lipinski definition) is 1. The van der Waals surface area contributed by atoms with Crippen molar-refractivity contribution in [3.8, 4) is 0 Å². The summed E-state index contributed by atoms with van der Waals surface area (Å²) < 4.78 is 0. The van der Waals surface area contributed by atoms with E-state index in [1.807, 2.05) is 19.1 Å². The number of carbonyl (C=O) groups excluding carboxylic acids is 1. The van der Waals surface area contributed by atoms with E-state index in [0.717, 1.165) is 37.3 Å². The first-order valence-corrected chi connectivity index (χ1v) is 6.42. The molecule has 1 saturated heterocycles. The summed E-state index contributed by atoms with van der Waals surface area (Å²) in [5.41, 5.74) is 1.49. The molecule has 0 atom stereocenters. The quantitative estimate of drug-likeness (QED) is 0.870. The Hall–Kier alpha value is -1.42. The van der Waals surface area contributed by atoms with Gasteiger partial charge in [-0.05, 0) is 52.0 Å². The number of aromatic nitrogens is 1. The second-order valence-electron chi connectivity index (χ2n) is 5.51. The van der Waals surface area contributed by atoms with E-state index in [2.05, 4.69) is 29.2 Å². The molecule has 98 valence electrons. The van der Waals surface area contributed by atoms with Crippen molar-refractivity contribution in [1.82, 2.24) is 9.88 Å². The van der Waals surface area contributed by atoms with Crippen molar-refractivity contribution >= 4 is 11.6 Å². The molecule has 0 spiro atoms. The fraction of sp³-hybridized carbons (Fsp3) is 0.571. The molecule has 1 aromatic rings. The average Bonchev–Trinajstić information content (AvgIpc) is 2.36. The number of nitrogens with zero attached hydrogens (tertiary/aromatic N) is 2. The molecule has 4 heteroatoms. The molecule has 1 aliphatic rings. The molecular weight excluding hydrogens is 226 g/mol. The Kier molecular flexibility index (Phi) is 3.66. The van der Waals surface area contributed by atoms with Gasteiger partial charge in [-0.3, -0.25) is 9.78 Å². The molecule has 1 N–H and O–H groups in total. The molecule has 1 amide bonds. The molecule has 2 heterocycles. The van der Waals surface area contributed by atoms with Crippen LogP contribution in [0, 0.1) is 12.3 Å². The maximum Gasteiger partial charge on any atom is 0.230 e. The normalized spacial score (nSPS) is 19.5. The molecule has 0 radical (unpaired) electrons. The SMILES string of the molecule is Cc1ccc(NC(=O)C2(C)CCN(C)CC2)cn1. The number of nitrogens with one attached hydrogen (secondary N) is 1. The Labute approximate surface area is 108 Å². The van der Waals surface area contributed by atoms with Gasteiger partial charge in [0.2, 0.25) is 5.91 Å². The zero-order valence-corrected chi connectivity index (χ0v) is 11.4. The van der Waals surface area contributed by atoms with Crippen LogP contribution in [0.15, 0.2) is 18.3 Å². The van der Waals surface area contributed by atoms with E-state index in [1.54, 1.807) is 6.20 Å².